The van der Waals surface area contributed by atoms with Gasteiger partial charge in [0.1, 0.15) is 0 Å². The van der Waals surface area contributed by atoms with Crippen molar-refractivity contribution in [1.82, 2.24) is 9.55 Å². The van der Waals surface area contributed by atoms with Gasteiger partial charge in [0.15, 0.2) is 0 Å². The number of nitrogens with two attached hydrogens (primary N) is 1. The Bertz CT molecular complexity index is 319. The Morgan fingerprint density at radius 2 is 2.40 bits per heavy atom. The summed E-state index contributed by atoms with van der Waals surface area (Å²) in [6.45, 7) is 5.44. The predicted molar refractivity (Wildman–Crippen MR) is 59.4 cm³/mol. The smallest absolute Gasteiger partial charge is 0.227 e. The first kappa shape index (κ1) is 11.7. The first-order valence-electron chi connectivity index (χ1n) is 5.14. The normalized spacial score (nSPS) is 10.7. The molecule has 0 unspecified atom stereocenters. The third kappa shape index (κ3) is 3.71. The molecule has 5 nitrogen and oxygen atoms in total. The van der Waals surface area contributed by atoms with Gasteiger partial charge in [-0.1, -0.05) is 13.8 Å². The van der Waals surface area contributed by atoms with E-state index < -0.39 is 0 Å². The molecule has 0 saturated heterocycles. The molecule has 1 aromatic rings. The van der Waals surface area contributed by atoms with E-state index in [9.17, 15) is 4.79 Å². The maximum absolute atomic E-state index is 11.3. The molecule has 1 amide bonds. The number of carbonyl (C=O) groups excluding carboxylic acids is 1. The van der Waals surface area contributed by atoms with Gasteiger partial charge in [0, 0.05) is 31.9 Å². The highest BCUT2D eigenvalue weighted by atomic mass is 16.1. The molecule has 0 aliphatic heterocycles. The van der Waals surface area contributed by atoms with Crippen LogP contribution < -0.4 is 11.1 Å². The third-order valence-electron chi connectivity index (χ3n) is 1.90. The van der Waals surface area contributed by atoms with Crippen molar-refractivity contribution in [2.45, 2.75) is 26.8 Å². The molecule has 84 valence electrons. The van der Waals surface area contributed by atoms with E-state index in [2.05, 4.69) is 24.1 Å². The molecule has 0 fully saturated rings. The van der Waals surface area contributed by atoms with E-state index in [1.54, 1.807) is 6.20 Å². The fourth-order valence-electron chi connectivity index (χ4n) is 1.29. The number of hydrogen-bond acceptors (Lipinski definition) is 3. The van der Waals surface area contributed by atoms with Crippen molar-refractivity contribution in [2.75, 3.05) is 11.9 Å². The molecule has 1 heterocycles. The number of nitrogens with one attached hydrogen (secondary N) is 1. The molecular weight excluding hydrogens is 192 g/mol. The van der Waals surface area contributed by atoms with Gasteiger partial charge in [0.25, 0.3) is 0 Å². The van der Waals surface area contributed by atoms with E-state index >= 15 is 0 Å². The summed E-state index contributed by atoms with van der Waals surface area (Å²) in [7, 11) is 0. The van der Waals surface area contributed by atoms with Crippen LogP contribution in [0, 0.1) is 5.92 Å². The highest BCUT2D eigenvalue weighted by molar-refractivity contribution is 5.89. The van der Waals surface area contributed by atoms with Crippen LogP contribution in [0.5, 0.6) is 0 Å². The van der Waals surface area contributed by atoms with Gasteiger partial charge in [-0.15, -0.1) is 0 Å². The van der Waals surface area contributed by atoms with Crippen molar-refractivity contribution < 1.29 is 4.79 Å². The summed E-state index contributed by atoms with van der Waals surface area (Å²) < 4.78 is 1.93. The Morgan fingerprint density at radius 3 is 3.00 bits per heavy atom. The average Bonchev–Trinajstić information content (AvgIpc) is 2.52. The van der Waals surface area contributed by atoms with Crippen molar-refractivity contribution in [3.63, 3.8) is 0 Å². The largest absolute Gasteiger partial charge is 0.330 e. The molecule has 1 rings (SSSR count). The molecule has 0 aliphatic carbocycles. The van der Waals surface area contributed by atoms with Crippen LogP contribution in [0.25, 0.3) is 0 Å². The Labute approximate surface area is 89.7 Å². The minimum absolute atomic E-state index is 0.0892. The molecule has 3 N–H and O–H groups in total. The van der Waals surface area contributed by atoms with Gasteiger partial charge < -0.3 is 10.3 Å². The Balaban J connectivity index is 2.60. The van der Waals surface area contributed by atoms with Crippen molar-refractivity contribution in [1.29, 1.82) is 0 Å². The number of nitrogens with zero attached hydrogens (tertiary/aromatic N) is 2. The molecule has 0 aliphatic rings. The molecule has 0 aromatic carbocycles. The van der Waals surface area contributed by atoms with E-state index in [1.807, 2.05) is 10.8 Å². The topological polar surface area (TPSA) is 72.9 Å². The van der Waals surface area contributed by atoms with Crippen LogP contribution in [0.1, 0.15) is 20.3 Å². The highest BCUT2D eigenvalue weighted by Gasteiger charge is 2.07. The van der Waals surface area contributed by atoms with Crippen LogP contribution in [0.15, 0.2) is 12.4 Å². The van der Waals surface area contributed by atoms with Gasteiger partial charge in [-0.05, 0) is 5.92 Å². The van der Waals surface area contributed by atoms with Crippen molar-refractivity contribution >= 4 is 11.9 Å². The second kappa shape index (κ2) is 5.50. The molecule has 0 bridgehead atoms. The number of amides is 1. The lowest BCUT2D eigenvalue weighted by molar-refractivity contribution is -0.116. The van der Waals surface area contributed by atoms with Crippen LogP contribution in [-0.4, -0.2) is 22.0 Å². The second-order valence-electron chi connectivity index (χ2n) is 3.88. The monoisotopic (exact) mass is 210 g/mol. The van der Waals surface area contributed by atoms with Crippen molar-refractivity contribution in [3.8, 4) is 0 Å². The highest BCUT2D eigenvalue weighted by Crippen LogP contribution is 2.08. The summed E-state index contributed by atoms with van der Waals surface area (Å²) >= 11 is 0. The van der Waals surface area contributed by atoms with Gasteiger partial charge in [-0.25, -0.2) is 4.98 Å². The fraction of sp³-hybridized carbons (Fsp3) is 0.600. The number of imidazole rings is 1. The molecular formula is C10H18N4O. The van der Waals surface area contributed by atoms with Gasteiger partial charge >= 0.3 is 0 Å². The summed E-state index contributed by atoms with van der Waals surface area (Å²) in [4.78, 5) is 15.4. The summed E-state index contributed by atoms with van der Waals surface area (Å²) in [5.74, 6) is 1.03. The summed E-state index contributed by atoms with van der Waals surface area (Å²) in [6, 6.07) is 0. The fourth-order valence-corrected chi connectivity index (χ4v) is 1.29. The number of aromatic nitrogens is 2. The van der Waals surface area contributed by atoms with Crippen molar-refractivity contribution in [2.24, 2.45) is 11.7 Å². The Kier molecular flexibility index (Phi) is 4.30. The molecule has 15 heavy (non-hydrogen) atoms. The SMILES string of the molecule is CC(C)Cn1ccnc1NC(=O)CCN. The lowest BCUT2D eigenvalue weighted by atomic mass is 10.2. The standard InChI is InChI=1S/C10H18N4O/c1-8(2)7-14-6-5-12-10(14)13-9(15)3-4-11/h5-6,8H,3-4,7,11H2,1-2H3,(H,12,13,15). The van der Waals surface area contributed by atoms with Gasteiger partial charge in [0.05, 0.1) is 0 Å². The molecule has 5 heteroatoms. The van der Waals surface area contributed by atoms with Crippen molar-refractivity contribution in [3.05, 3.63) is 12.4 Å². The zero-order valence-corrected chi connectivity index (χ0v) is 9.23. The maximum Gasteiger partial charge on any atom is 0.227 e. The number of rotatable bonds is 5. The molecule has 1 aromatic heterocycles. The van der Waals surface area contributed by atoms with E-state index in [0.29, 0.717) is 24.8 Å². The zero-order chi connectivity index (χ0) is 11.3. The number of hydrogen-bond donors (Lipinski definition) is 2. The first-order chi connectivity index (χ1) is 7.13. The van der Waals surface area contributed by atoms with Gasteiger partial charge in [-0.2, -0.15) is 0 Å². The molecule has 0 saturated carbocycles. The lowest BCUT2D eigenvalue weighted by Crippen LogP contribution is -2.19. The Hall–Kier alpha value is -1.36. The molecule has 0 atom stereocenters. The summed E-state index contributed by atoms with van der Waals surface area (Å²) in [5, 5.41) is 2.73. The number of carbonyl (C=O) groups is 1. The van der Waals surface area contributed by atoms with Crippen LogP contribution in [0.3, 0.4) is 0 Å². The summed E-state index contributed by atoms with van der Waals surface area (Å²) in [6.07, 6.45) is 3.87. The minimum Gasteiger partial charge on any atom is -0.330 e. The second-order valence-corrected chi connectivity index (χ2v) is 3.88. The third-order valence-corrected chi connectivity index (χ3v) is 1.90. The van der Waals surface area contributed by atoms with E-state index in [0.717, 1.165) is 6.54 Å². The minimum atomic E-state index is -0.0892. The van der Waals surface area contributed by atoms with Crippen LogP contribution >= 0.6 is 0 Å². The van der Waals surface area contributed by atoms with Gasteiger partial charge in [0.2, 0.25) is 11.9 Å². The van der Waals surface area contributed by atoms with E-state index in [-0.39, 0.29) is 5.91 Å². The van der Waals surface area contributed by atoms with Crippen LogP contribution in [0.4, 0.5) is 5.95 Å². The van der Waals surface area contributed by atoms with E-state index in [1.165, 1.54) is 0 Å². The van der Waals surface area contributed by atoms with E-state index in [4.69, 9.17) is 5.73 Å². The lowest BCUT2D eigenvalue weighted by Gasteiger charge is -2.10. The summed E-state index contributed by atoms with van der Waals surface area (Å²) in [5.41, 5.74) is 5.29. The number of anilines is 1. The first-order valence-corrected chi connectivity index (χ1v) is 5.14. The Morgan fingerprint density at radius 1 is 1.67 bits per heavy atom. The van der Waals surface area contributed by atoms with Crippen LogP contribution in [0.2, 0.25) is 0 Å². The quantitative estimate of drug-likeness (QED) is 0.756. The van der Waals surface area contributed by atoms with Gasteiger partial charge in [-0.3, -0.25) is 10.1 Å². The van der Waals surface area contributed by atoms with Crippen LogP contribution in [-0.2, 0) is 11.3 Å². The maximum atomic E-state index is 11.3. The molecule has 0 spiro atoms. The predicted octanol–water partition coefficient (Wildman–Crippen LogP) is 0.826. The molecule has 0 radical (unpaired) electrons. The average molecular weight is 210 g/mol. The zero-order valence-electron chi connectivity index (χ0n) is 9.23.